The fourth-order valence-electron chi connectivity index (χ4n) is 7.42. The van der Waals surface area contributed by atoms with Crippen LogP contribution < -0.4 is 20.7 Å². The minimum atomic E-state index is -4.75. The molecule has 254 valence electrons. The summed E-state index contributed by atoms with van der Waals surface area (Å²) in [5.74, 6) is -0.436. The first-order valence-electron chi connectivity index (χ1n) is 16.6. The van der Waals surface area contributed by atoms with E-state index in [4.69, 9.17) is 0 Å². The van der Waals surface area contributed by atoms with Crippen LogP contribution in [0.1, 0.15) is 24.0 Å². The van der Waals surface area contributed by atoms with Gasteiger partial charge >= 0.3 is 6.36 Å². The van der Waals surface area contributed by atoms with E-state index in [-0.39, 0.29) is 23.5 Å². The standard InChI is InChI=1S/C36H40F4N6O2/c37-32-5-2-1-4-26(32)20-46-22-27-17-28(46)21-45(27)19-24-6-11-34-30(16-24)31(25-7-9-29(10-8-25)48-36(38,39)40)23-44(34)15-3-12-43-35(47)33-18-41-13-14-42-33/h1-2,4-11,16,23,27-28,33,41-42H,3,12-15,17-22H2,(H,43,47). The number of carbonyl (C=O) groups is 1. The van der Waals surface area contributed by atoms with Gasteiger partial charge in [0, 0.05) is 99.2 Å². The van der Waals surface area contributed by atoms with E-state index in [1.54, 1.807) is 18.2 Å². The Bertz CT molecular complexity index is 1740. The summed E-state index contributed by atoms with van der Waals surface area (Å²) >= 11 is 0. The molecule has 2 bridgehead atoms. The van der Waals surface area contributed by atoms with Gasteiger partial charge in [0.25, 0.3) is 0 Å². The lowest BCUT2D eigenvalue weighted by Gasteiger charge is -2.34. The van der Waals surface area contributed by atoms with E-state index in [1.165, 1.54) is 18.2 Å². The van der Waals surface area contributed by atoms with Gasteiger partial charge < -0.3 is 25.3 Å². The molecular weight excluding hydrogens is 624 g/mol. The molecule has 3 atom stereocenters. The van der Waals surface area contributed by atoms with Crippen LogP contribution in [0.3, 0.4) is 0 Å². The Morgan fingerprint density at radius 1 is 0.958 bits per heavy atom. The van der Waals surface area contributed by atoms with Gasteiger partial charge in [0.15, 0.2) is 0 Å². The van der Waals surface area contributed by atoms with Gasteiger partial charge in [-0.25, -0.2) is 4.39 Å². The number of nitrogens with one attached hydrogen (secondary N) is 3. The molecule has 3 aliphatic heterocycles. The van der Waals surface area contributed by atoms with Crippen LogP contribution in [0.15, 0.2) is 72.9 Å². The molecule has 0 spiro atoms. The lowest BCUT2D eigenvalue weighted by Crippen LogP contribution is -2.55. The van der Waals surface area contributed by atoms with Crippen molar-refractivity contribution in [2.45, 2.75) is 57.0 Å². The highest BCUT2D eigenvalue weighted by Crippen LogP contribution is 2.36. The number of carbonyl (C=O) groups excluding carboxylic acids is 1. The van der Waals surface area contributed by atoms with Crippen molar-refractivity contribution >= 4 is 16.8 Å². The molecule has 48 heavy (non-hydrogen) atoms. The second-order valence-electron chi connectivity index (χ2n) is 13.0. The Balaban J connectivity index is 1.06. The average Bonchev–Trinajstić information content (AvgIpc) is 3.77. The number of aromatic nitrogens is 1. The first-order valence-corrected chi connectivity index (χ1v) is 16.6. The van der Waals surface area contributed by atoms with E-state index >= 15 is 0 Å². The molecule has 0 saturated carbocycles. The van der Waals surface area contributed by atoms with Gasteiger partial charge in [-0.15, -0.1) is 13.2 Å². The average molecular weight is 665 g/mol. The Morgan fingerprint density at radius 3 is 2.44 bits per heavy atom. The van der Waals surface area contributed by atoms with E-state index in [0.717, 1.165) is 78.7 Å². The Hall–Kier alpha value is -3.97. The third-order valence-electron chi connectivity index (χ3n) is 9.76. The van der Waals surface area contributed by atoms with Crippen LogP contribution in [0.5, 0.6) is 5.75 Å². The van der Waals surface area contributed by atoms with Crippen LogP contribution in [-0.4, -0.2) is 84.0 Å². The lowest BCUT2D eigenvalue weighted by atomic mass is 10.0. The van der Waals surface area contributed by atoms with Gasteiger partial charge in [0.05, 0.1) is 6.04 Å². The molecule has 3 N–H and O–H groups in total. The highest BCUT2D eigenvalue weighted by molar-refractivity contribution is 5.96. The highest BCUT2D eigenvalue weighted by Gasteiger charge is 2.43. The molecule has 3 saturated heterocycles. The van der Waals surface area contributed by atoms with Crippen LogP contribution in [0.4, 0.5) is 17.6 Å². The number of hydrogen-bond acceptors (Lipinski definition) is 6. The number of benzene rings is 3. The topological polar surface area (TPSA) is 73.8 Å². The second kappa shape index (κ2) is 13.9. The molecular formula is C36H40F4N6O2. The van der Waals surface area contributed by atoms with E-state index in [2.05, 4.69) is 53.3 Å². The third kappa shape index (κ3) is 7.36. The molecule has 0 radical (unpaired) electrons. The van der Waals surface area contributed by atoms with Gasteiger partial charge in [0.2, 0.25) is 5.91 Å². The molecule has 1 amide bonds. The maximum atomic E-state index is 14.3. The second-order valence-corrected chi connectivity index (χ2v) is 13.0. The minimum Gasteiger partial charge on any atom is -0.406 e. The SMILES string of the molecule is O=C(NCCCn1cc(-c2ccc(OC(F)(F)F)cc2)c2cc(CN3CC4CC3CN4Cc3ccccc3F)ccc21)C1CNCCN1. The number of rotatable bonds is 11. The van der Waals surface area contributed by atoms with Crippen LogP contribution in [0.25, 0.3) is 22.0 Å². The largest absolute Gasteiger partial charge is 0.573 e. The quantitative estimate of drug-likeness (QED) is 0.157. The van der Waals surface area contributed by atoms with Crippen LogP contribution >= 0.6 is 0 Å². The van der Waals surface area contributed by atoms with Gasteiger partial charge in [0.1, 0.15) is 11.6 Å². The fourth-order valence-corrected chi connectivity index (χ4v) is 7.42. The monoisotopic (exact) mass is 664 g/mol. The van der Waals surface area contributed by atoms with Crippen LogP contribution in [0, 0.1) is 5.82 Å². The lowest BCUT2D eigenvalue weighted by molar-refractivity contribution is -0.274. The van der Waals surface area contributed by atoms with Crippen molar-refractivity contribution in [3.8, 4) is 16.9 Å². The molecule has 3 aliphatic rings. The van der Waals surface area contributed by atoms with Crippen LogP contribution in [0.2, 0.25) is 0 Å². The summed E-state index contributed by atoms with van der Waals surface area (Å²) in [6, 6.07) is 20.0. The Kier molecular flexibility index (Phi) is 9.41. The normalized spacial score (nSPS) is 21.6. The molecule has 3 aromatic carbocycles. The molecule has 4 aromatic rings. The first-order chi connectivity index (χ1) is 23.2. The van der Waals surface area contributed by atoms with E-state index in [1.807, 2.05) is 18.3 Å². The van der Waals surface area contributed by atoms with Gasteiger partial charge in [-0.05, 0) is 54.3 Å². The summed E-state index contributed by atoms with van der Waals surface area (Å²) in [6.07, 6.45) is -0.930. The number of alkyl halides is 3. The van der Waals surface area contributed by atoms with E-state index in [9.17, 15) is 22.4 Å². The zero-order chi connectivity index (χ0) is 33.3. The van der Waals surface area contributed by atoms with Crippen molar-refractivity contribution < 1.29 is 27.1 Å². The summed E-state index contributed by atoms with van der Waals surface area (Å²) in [6.45, 7) is 6.63. The van der Waals surface area contributed by atoms with Gasteiger partial charge in [-0.2, -0.15) is 0 Å². The van der Waals surface area contributed by atoms with Gasteiger partial charge in [-0.3, -0.25) is 14.6 Å². The van der Waals surface area contributed by atoms with E-state index in [0.29, 0.717) is 38.3 Å². The number of piperazine rings is 2. The third-order valence-corrected chi connectivity index (χ3v) is 9.76. The zero-order valence-corrected chi connectivity index (χ0v) is 26.6. The summed E-state index contributed by atoms with van der Waals surface area (Å²) < 4.78 is 59.0. The molecule has 3 fully saturated rings. The molecule has 7 rings (SSSR count). The molecule has 4 heterocycles. The summed E-state index contributed by atoms with van der Waals surface area (Å²) in [4.78, 5) is 17.4. The molecule has 3 unspecified atom stereocenters. The maximum Gasteiger partial charge on any atom is 0.573 e. The number of nitrogens with zero attached hydrogens (tertiary/aromatic N) is 3. The van der Waals surface area contributed by atoms with Crippen molar-refractivity contribution in [3.05, 3.63) is 89.9 Å². The summed E-state index contributed by atoms with van der Waals surface area (Å²) in [5.41, 5.74) is 4.63. The molecule has 12 heteroatoms. The summed E-state index contributed by atoms with van der Waals surface area (Å²) in [5, 5.41) is 10.5. The number of ether oxygens (including phenoxy) is 1. The number of halogens is 4. The fraction of sp³-hybridized carbons (Fsp3) is 0.417. The number of hydrogen-bond donors (Lipinski definition) is 3. The number of amides is 1. The van der Waals surface area contributed by atoms with Gasteiger partial charge in [-0.1, -0.05) is 36.4 Å². The van der Waals surface area contributed by atoms with E-state index < -0.39 is 6.36 Å². The smallest absolute Gasteiger partial charge is 0.406 e. The van der Waals surface area contributed by atoms with Crippen molar-refractivity contribution in [2.24, 2.45) is 0 Å². The first kappa shape index (κ1) is 32.6. The van der Waals surface area contributed by atoms with Crippen molar-refractivity contribution in [2.75, 3.05) is 39.3 Å². The molecule has 0 aliphatic carbocycles. The minimum absolute atomic E-state index is 0.0166. The summed E-state index contributed by atoms with van der Waals surface area (Å²) in [7, 11) is 0. The predicted molar refractivity (Wildman–Crippen MR) is 176 cm³/mol. The predicted octanol–water partition coefficient (Wildman–Crippen LogP) is 4.87. The zero-order valence-electron chi connectivity index (χ0n) is 26.6. The molecule has 1 aromatic heterocycles. The number of fused-ring (bicyclic) bond motifs is 3. The van der Waals surface area contributed by atoms with Crippen molar-refractivity contribution in [3.63, 3.8) is 0 Å². The number of aryl methyl sites for hydroxylation is 1. The number of likely N-dealkylation sites (tertiary alicyclic amines) is 2. The molecule has 8 nitrogen and oxygen atoms in total. The van der Waals surface area contributed by atoms with Crippen molar-refractivity contribution in [1.82, 2.24) is 30.3 Å². The Labute approximate surface area is 277 Å². The highest BCUT2D eigenvalue weighted by atomic mass is 19.4. The van der Waals surface area contributed by atoms with Crippen molar-refractivity contribution in [1.29, 1.82) is 0 Å². The van der Waals surface area contributed by atoms with Crippen LogP contribution in [-0.2, 0) is 24.4 Å². The Morgan fingerprint density at radius 2 is 1.73 bits per heavy atom. The maximum absolute atomic E-state index is 14.3.